The second kappa shape index (κ2) is 8.24. The largest absolute Gasteiger partial charge is 0.495 e. The Bertz CT molecular complexity index is 614. The lowest BCUT2D eigenvalue weighted by Crippen LogP contribution is -2.19. The van der Waals surface area contributed by atoms with E-state index in [0.717, 1.165) is 35.9 Å². The maximum absolute atomic E-state index is 5.55. The molecule has 0 radical (unpaired) electrons. The highest BCUT2D eigenvalue weighted by Gasteiger charge is 2.04. The molecule has 2 aromatic rings. The Morgan fingerprint density at radius 1 is 1.05 bits per heavy atom. The van der Waals surface area contributed by atoms with Crippen molar-refractivity contribution in [2.45, 2.75) is 13.3 Å². The zero-order chi connectivity index (χ0) is 15.8. The second-order valence-corrected chi connectivity index (χ2v) is 5.06. The van der Waals surface area contributed by atoms with E-state index in [1.54, 1.807) is 7.11 Å². The molecular weight excluding hydrogens is 296 g/mol. The summed E-state index contributed by atoms with van der Waals surface area (Å²) in [6, 6.07) is 15.3. The summed E-state index contributed by atoms with van der Waals surface area (Å²) < 4.78 is 10.8. The quantitative estimate of drug-likeness (QED) is 0.778. The van der Waals surface area contributed by atoms with Gasteiger partial charge in [0.25, 0.3) is 0 Å². The number of hydrogen-bond donors (Lipinski definition) is 2. The molecule has 0 saturated carbocycles. The van der Waals surface area contributed by atoms with E-state index in [-0.39, 0.29) is 0 Å². The van der Waals surface area contributed by atoms with Crippen molar-refractivity contribution in [3.63, 3.8) is 0 Å². The number of benzene rings is 2. The van der Waals surface area contributed by atoms with Gasteiger partial charge in [0.05, 0.1) is 19.4 Å². The van der Waals surface area contributed by atoms with Gasteiger partial charge in [-0.3, -0.25) is 0 Å². The Morgan fingerprint density at radius 3 is 2.45 bits per heavy atom. The van der Waals surface area contributed by atoms with Gasteiger partial charge in [-0.15, -0.1) is 0 Å². The van der Waals surface area contributed by atoms with Crippen molar-refractivity contribution >= 4 is 28.7 Å². The predicted octanol–water partition coefficient (Wildman–Crippen LogP) is 4.29. The van der Waals surface area contributed by atoms with E-state index in [2.05, 4.69) is 17.6 Å². The van der Waals surface area contributed by atoms with Gasteiger partial charge in [0.1, 0.15) is 11.5 Å². The Morgan fingerprint density at radius 2 is 1.77 bits per heavy atom. The van der Waals surface area contributed by atoms with Crippen LogP contribution in [0.3, 0.4) is 0 Å². The molecule has 0 fully saturated rings. The Labute approximate surface area is 136 Å². The minimum Gasteiger partial charge on any atom is -0.495 e. The standard InChI is InChI=1S/C17H20N2O2S/c1-3-12-21-14-10-8-13(9-11-14)18-17(22)19-15-6-4-5-7-16(15)20-2/h4-11H,3,12H2,1-2H3,(H2,18,19,22). The van der Waals surface area contributed by atoms with Gasteiger partial charge in [-0.1, -0.05) is 19.1 Å². The molecule has 2 N–H and O–H groups in total. The Balaban J connectivity index is 1.94. The monoisotopic (exact) mass is 316 g/mol. The van der Waals surface area contributed by atoms with E-state index in [1.165, 1.54) is 0 Å². The van der Waals surface area contributed by atoms with Crippen molar-refractivity contribution in [2.24, 2.45) is 0 Å². The summed E-state index contributed by atoms with van der Waals surface area (Å²) in [4.78, 5) is 0. The summed E-state index contributed by atoms with van der Waals surface area (Å²) in [6.45, 7) is 2.80. The van der Waals surface area contributed by atoms with Crippen LogP contribution in [0.2, 0.25) is 0 Å². The maximum Gasteiger partial charge on any atom is 0.175 e. The van der Waals surface area contributed by atoms with Gasteiger partial charge in [-0.05, 0) is 55.0 Å². The third-order valence-electron chi connectivity index (χ3n) is 2.94. The number of nitrogens with one attached hydrogen (secondary N) is 2. The molecule has 0 unspecified atom stereocenters. The van der Waals surface area contributed by atoms with Crippen molar-refractivity contribution in [3.8, 4) is 11.5 Å². The molecule has 116 valence electrons. The Hall–Kier alpha value is -2.27. The van der Waals surface area contributed by atoms with E-state index < -0.39 is 0 Å². The fourth-order valence-electron chi connectivity index (χ4n) is 1.89. The first-order valence-corrected chi connectivity index (χ1v) is 7.57. The SMILES string of the molecule is CCCOc1ccc(NC(=S)Nc2ccccc2OC)cc1. The van der Waals surface area contributed by atoms with Crippen molar-refractivity contribution < 1.29 is 9.47 Å². The smallest absolute Gasteiger partial charge is 0.175 e. The van der Waals surface area contributed by atoms with Crippen molar-refractivity contribution in [2.75, 3.05) is 24.4 Å². The summed E-state index contributed by atoms with van der Waals surface area (Å²) >= 11 is 5.32. The molecule has 0 bridgehead atoms. The van der Waals surface area contributed by atoms with Crippen molar-refractivity contribution in [1.29, 1.82) is 0 Å². The molecule has 0 saturated heterocycles. The van der Waals surface area contributed by atoms with Gasteiger partial charge in [-0.2, -0.15) is 0 Å². The fraction of sp³-hybridized carbons (Fsp3) is 0.235. The minimum atomic E-state index is 0.506. The van der Waals surface area contributed by atoms with Crippen LogP contribution < -0.4 is 20.1 Å². The van der Waals surface area contributed by atoms with Gasteiger partial charge in [0, 0.05) is 5.69 Å². The van der Waals surface area contributed by atoms with Crippen LogP contribution in [0.15, 0.2) is 48.5 Å². The molecule has 0 heterocycles. The number of methoxy groups -OCH3 is 1. The van der Waals surface area contributed by atoms with E-state index in [4.69, 9.17) is 21.7 Å². The number of thiocarbonyl (C=S) groups is 1. The van der Waals surface area contributed by atoms with Crippen LogP contribution in [0.25, 0.3) is 0 Å². The first kappa shape index (κ1) is 16.1. The van der Waals surface area contributed by atoms with Crippen LogP contribution >= 0.6 is 12.2 Å². The average Bonchev–Trinajstić information content (AvgIpc) is 2.54. The highest BCUT2D eigenvalue weighted by atomic mass is 32.1. The molecule has 5 heteroatoms. The van der Waals surface area contributed by atoms with Gasteiger partial charge in [0.2, 0.25) is 0 Å². The van der Waals surface area contributed by atoms with E-state index in [0.29, 0.717) is 5.11 Å². The predicted molar refractivity (Wildman–Crippen MR) is 95.1 cm³/mol. The van der Waals surface area contributed by atoms with Gasteiger partial charge >= 0.3 is 0 Å². The molecular formula is C17H20N2O2S. The lowest BCUT2D eigenvalue weighted by Gasteiger charge is -2.13. The normalized spacial score (nSPS) is 9.91. The van der Waals surface area contributed by atoms with E-state index in [1.807, 2.05) is 48.5 Å². The molecule has 0 aliphatic heterocycles. The molecule has 0 atom stereocenters. The number of anilines is 2. The number of hydrogen-bond acceptors (Lipinski definition) is 3. The minimum absolute atomic E-state index is 0.506. The summed E-state index contributed by atoms with van der Waals surface area (Å²) in [5, 5.41) is 6.76. The van der Waals surface area contributed by atoms with Crippen LogP contribution in [-0.2, 0) is 0 Å². The molecule has 4 nitrogen and oxygen atoms in total. The molecule has 0 amide bonds. The van der Waals surface area contributed by atoms with Gasteiger partial charge in [0.15, 0.2) is 5.11 Å². The molecule has 0 aliphatic rings. The Kier molecular flexibility index (Phi) is 6.03. The second-order valence-electron chi connectivity index (χ2n) is 4.65. The molecule has 2 aromatic carbocycles. The zero-order valence-electron chi connectivity index (χ0n) is 12.8. The average molecular weight is 316 g/mol. The third kappa shape index (κ3) is 4.63. The van der Waals surface area contributed by atoms with Crippen LogP contribution in [-0.4, -0.2) is 18.8 Å². The van der Waals surface area contributed by atoms with Crippen LogP contribution in [0.1, 0.15) is 13.3 Å². The summed E-state index contributed by atoms with van der Waals surface area (Å²) in [5.74, 6) is 1.60. The highest BCUT2D eigenvalue weighted by molar-refractivity contribution is 7.80. The van der Waals surface area contributed by atoms with Gasteiger partial charge in [-0.25, -0.2) is 0 Å². The number of para-hydroxylation sites is 2. The number of ether oxygens (including phenoxy) is 2. The summed E-state index contributed by atoms with van der Waals surface area (Å²) in [6.07, 6.45) is 0.993. The van der Waals surface area contributed by atoms with Crippen molar-refractivity contribution in [3.05, 3.63) is 48.5 Å². The van der Waals surface area contributed by atoms with Crippen LogP contribution in [0.5, 0.6) is 11.5 Å². The molecule has 0 aromatic heterocycles. The van der Waals surface area contributed by atoms with E-state index in [9.17, 15) is 0 Å². The lowest BCUT2D eigenvalue weighted by molar-refractivity contribution is 0.317. The highest BCUT2D eigenvalue weighted by Crippen LogP contribution is 2.23. The first-order chi connectivity index (χ1) is 10.7. The molecule has 2 rings (SSSR count). The molecule has 22 heavy (non-hydrogen) atoms. The maximum atomic E-state index is 5.55. The van der Waals surface area contributed by atoms with Crippen LogP contribution in [0, 0.1) is 0 Å². The number of rotatable bonds is 6. The van der Waals surface area contributed by atoms with Crippen molar-refractivity contribution in [1.82, 2.24) is 0 Å². The zero-order valence-corrected chi connectivity index (χ0v) is 13.6. The summed E-state index contributed by atoms with van der Waals surface area (Å²) in [5.41, 5.74) is 1.72. The van der Waals surface area contributed by atoms with E-state index >= 15 is 0 Å². The van der Waals surface area contributed by atoms with Gasteiger partial charge < -0.3 is 20.1 Å². The lowest BCUT2D eigenvalue weighted by atomic mass is 10.3. The third-order valence-corrected chi connectivity index (χ3v) is 3.14. The molecule has 0 spiro atoms. The fourth-order valence-corrected chi connectivity index (χ4v) is 2.11. The molecule has 0 aliphatic carbocycles. The summed E-state index contributed by atoms with van der Waals surface area (Å²) in [7, 11) is 1.63. The first-order valence-electron chi connectivity index (χ1n) is 7.17. The topological polar surface area (TPSA) is 42.5 Å². The van der Waals surface area contributed by atoms with Crippen LogP contribution in [0.4, 0.5) is 11.4 Å².